The zero-order valence-corrected chi connectivity index (χ0v) is 7.60. The predicted octanol–water partition coefficient (Wildman–Crippen LogP) is 0.220. The van der Waals surface area contributed by atoms with Crippen molar-refractivity contribution in [3.05, 3.63) is 29.6 Å². The van der Waals surface area contributed by atoms with Crippen LogP contribution in [0.25, 0.3) is 0 Å². The van der Waals surface area contributed by atoms with E-state index in [1.165, 1.54) is 0 Å². The van der Waals surface area contributed by atoms with Crippen LogP contribution >= 0.6 is 0 Å². The lowest BCUT2D eigenvalue weighted by molar-refractivity contribution is 0.179. The maximum Gasteiger partial charge on any atom is 0.0853 e. The molecule has 1 unspecified atom stereocenters. The van der Waals surface area contributed by atoms with E-state index in [0.717, 1.165) is 5.69 Å². The van der Waals surface area contributed by atoms with Gasteiger partial charge in [-0.2, -0.15) is 0 Å². The smallest absolute Gasteiger partial charge is 0.0853 e. The van der Waals surface area contributed by atoms with Gasteiger partial charge in [0.25, 0.3) is 0 Å². The molecule has 1 rings (SSSR count). The van der Waals surface area contributed by atoms with Crippen molar-refractivity contribution in [3.8, 4) is 0 Å². The normalized spacial score (nSPS) is 12.8. The predicted molar refractivity (Wildman–Crippen MR) is 49.0 cm³/mol. The summed E-state index contributed by atoms with van der Waals surface area (Å²) < 4.78 is 4.90. The van der Waals surface area contributed by atoms with Crippen LogP contribution in [0.5, 0.6) is 0 Å². The molecule has 0 radical (unpaired) electrons. The standard InChI is InChI=1S/C9H14N2O2/c1-13-6-8(10)9-4-2-3-7(5-12)11-9/h2-4,8,12H,5-6,10H2,1H3. The van der Waals surface area contributed by atoms with Crippen molar-refractivity contribution in [2.24, 2.45) is 5.73 Å². The Labute approximate surface area is 77.4 Å². The number of hydrogen-bond acceptors (Lipinski definition) is 4. The van der Waals surface area contributed by atoms with Gasteiger partial charge in [-0.15, -0.1) is 0 Å². The molecule has 1 heterocycles. The largest absolute Gasteiger partial charge is 0.390 e. The molecule has 0 saturated heterocycles. The monoisotopic (exact) mass is 182 g/mol. The maximum absolute atomic E-state index is 8.84. The molecule has 1 aromatic rings. The SMILES string of the molecule is COCC(N)c1cccc(CO)n1. The molecule has 0 saturated carbocycles. The van der Waals surface area contributed by atoms with Gasteiger partial charge in [-0.05, 0) is 12.1 Å². The Balaban J connectivity index is 2.75. The average Bonchev–Trinajstić information content (AvgIpc) is 2.18. The van der Waals surface area contributed by atoms with Gasteiger partial charge < -0.3 is 15.6 Å². The zero-order valence-electron chi connectivity index (χ0n) is 7.60. The number of methoxy groups -OCH3 is 1. The fourth-order valence-electron chi connectivity index (χ4n) is 1.06. The third kappa shape index (κ3) is 2.77. The van der Waals surface area contributed by atoms with Crippen molar-refractivity contribution in [3.63, 3.8) is 0 Å². The highest BCUT2D eigenvalue weighted by Crippen LogP contribution is 2.08. The molecule has 1 aromatic heterocycles. The van der Waals surface area contributed by atoms with Crippen LogP contribution in [-0.2, 0) is 11.3 Å². The number of hydrogen-bond donors (Lipinski definition) is 2. The second-order valence-electron chi connectivity index (χ2n) is 2.77. The van der Waals surface area contributed by atoms with E-state index < -0.39 is 0 Å². The Bertz CT molecular complexity index is 266. The summed E-state index contributed by atoms with van der Waals surface area (Å²) in [5.41, 5.74) is 7.13. The number of ether oxygens (including phenoxy) is 1. The van der Waals surface area contributed by atoms with Crippen molar-refractivity contribution in [2.75, 3.05) is 13.7 Å². The van der Waals surface area contributed by atoms with Gasteiger partial charge in [0.1, 0.15) is 0 Å². The van der Waals surface area contributed by atoms with Crippen LogP contribution in [0.3, 0.4) is 0 Å². The number of aliphatic hydroxyl groups is 1. The Morgan fingerprint density at radius 2 is 2.38 bits per heavy atom. The number of pyridine rings is 1. The molecule has 0 fully saturated rings. The van der Waals surface area contributed by atoms with Crippen molar-refractivity contribution >= 4 is 0 Å². The lowest BCUT2D eigenvalue weighted by Gasteiger charge is -2.10. The topological polar surface area (TPSA) is 68.4 Å². The van der Waals surface area contributed by atoms with Gasteiger partial charge in [-0.3, -0.25) is 4.98 Å². The molecule has 0 aliphatic heterocycles. The minimum absolute atomic E-state index is 0.0620. The molecule has 0 spiro atoms. The van der Waals surface area contributed by atoms with E-state index >= 15 is 0 Å². The van der Waals surface area contributed by atoms with Crippen LogP contribution in [0.4, 0.5) is 0 Å². The first-order chi connectivity index (χ1) is 6.27. The van der Waals surface area contributed by atoms with E-state index in [4.69, 9.17) is 15.6 Å². The third-order valence-corrected chi connectivity index (χ3v) is 1.72. The van der Waals surface area contributed by atoms with Gasteiger partial charge in [-0.25, -0.2) is 0 Å². The summed E-state index contributed by atoms with van der Waals surface area (Å²) in [4.78, 5) is 4.15. The van der Waals surface area contributed by atoms with Gasteiger partial charge in [0.15, 0.2) is 0 Å². The van der Waals surface area contributed by atoms with Crippen molar-refractivity contribution in [2.45, 2.75) is 12.6 Å². The summed E-state index contributed by atoms with van der Waals surface area (Å²) in [6.45, 7) is 0.370. The first-order valence-corrected chi connectivity index (χ1v) is 4.09. The summed E-state index contributed by atoms with van der Waals surface area (Å²) in [6.07, 6.45) is 0. The number of aromatic nitrogens is 1. The summed E-state index contributed by atoms with van der Waals surface area (Å²) in [5, 5.41) is 8.84. The molecule has 3 N–H and O–H groups in total. The van der Waals surface area contributed by atoms with Gasteiger partial charge in [0.2, 0.25) is 0 Å². The van der Waals surface area contributed by atoms with Crippen molar-refractivity contribution < 1.29 is 9.84 Å². The quantitative estimate of drug-likeness (QED) is 0.699. The number of rotatable bonds is 4. The highest BCUT2D eigenvalue weighted by atomic mass is 16.5. The van der Waals surface area contributed by atoms with Crippen molar-refractivity contribution in [1.82, 2.24) is 4.98 Å². The van der Waals surface area contributed by atoms with E-state index in [1.807, 2.05) is 12.1 Å². The number of aliphatic hydroxyl groups excluding tert-OH is 1. The van der Waals surface area contributed by atoms with Crippen LogP contribution in [-0.4, -0.2) is 23.8 Å². The second-order valence-corrected chi connectivity index (χ2v) is 2.77. The molecule has 72 valence electrons. The summed E-state index contributed by atoms with van der Waals surface area (Å²) in [7, 11) is 1.59. The van der Waals surface area contributed by atoms with Gasteiger partial charge >= 0.3 is 0 Å². The Morgan fingerprint density at radius 1 is 1.62 bits per heavy atom. The van der Waals surface area contributed by atoms with E-state index in [-0.39, 0.29) is 12.6 Å². The van der Waals surface area contributed by atoms with E-state index in [1.54, 1.807) is 13.2 Å². The van der Waals surface area contributed by atoms with Gasteiger partial charge in [-0.1, -0.05) is 6.07 Å². The van der Waals surface area contributed by atoms with E-state index in [0.29, 0.717) is 12.3 Å². The highest BCUT2D eigenvalue weighted by molar-refractivity contribution is 5.13. The molecule has 1 atom stereocenters. The summed E-state index contributed by atoms with van der Waals surface area (Å²) in [6, 6.07) is 5.17. The van der Waals surface area contributed by atoms with E-state index in [2.05, 4.69) is 4.98 Å². The van der Waals surface area contributed by atoms with Crippen molar-refractivity contribution in [1.29, 1.82) is 0 Å². The van der Waals surface area contributed by atoms with Crippen LogP contribution in [0.15, 0.2) is 18.2 Å². The number of nitrogens with two attached hydrogens (primary N) is 1. The molecule has 0 bridgehead atoms. The van der Waals surface area contributed by atoms with Crippen LogP contribution in [0, 0.1) is 0 Å². The van der Waals surface area contributed by atoms with Crippen LogP contribution in [0.2, 0.25) is 0 Å². The molecule has 0 aromatic carbocycles. The highest BCUT2D eigenvalue weighted by Gasteiger charge is 2.06. The average molecular weight is 182 g/mol. The maximum atomic E-state index is 8.84. The van der Waals surface area contributed by atoms with Gasteiger partial charge in [0, 0.05) is 7.11 Å². The fourth-order valence-corrected chi connectivity index (χ4v) is 1.06. The minimum Gasteiger partial charge on any atom is -0.390 e. The molecule has 13 heavy (non-hydrogen) atoms. The second kappa shape index (κ2) is 4.91. The lowest BCUT2D eigenvalue weighted by atomic mass is 10.2. The summed E-state index contributed by atoms with van der Waals surface area (Å²) in [5.74, 6) is 0. The fraction of sp³-hybridized carbons (Fsp3) is 0.444. The Kier molecular flexibility index (Phi) is 3.82. The first kappa shape index (κ1) is 10.1. The molecular formula is C9H14N2O2. The van der Waals surface area contributed by atoms with Crippen LogP contribution < -0.4 is 5.73 Å². The first-order valence-electron chi connectivity index (χ1n) is 4.09. The molecule has 0 amide bonds. The minimum atomic E-state index is -0.225. The molecule has 0 aliphatic rings. The third-order valence-electron chi connectivity index (χ3n) is 1.72. The van der Waals surface area contributed by atoms with Crippen LogP contribution in [0.1, 0.15) is 17.4 Å². The van der Waals surface area contributed by atoms with Gasteiger partial charge in [0.05, 0.1) is 30.6 Å². The Morgan fingerprint density at radius 3 is 3.00 bits per heavy atom. The molecule has 0 aliphatic carbocycles. The lowest BCUT2D eigenvalue weighted by Crippen LogP contribution is -2.17. The van der Waals surface area contributed by atoms with E-state index in [9.17, 15) is 0 Å². The zero-order chi connectivity index (χ0) is 9.68. The summed E-state index contributed by atoms with van der Waals surface area (Å²) >= 11 is 0. The molecule has 4 nitrogen and oxygen atoms in total. The number of nitrogens with zero attached hydrogens (tertiary/aromatic N) is 1. The molecule has 4 heteroatoms. The Hall–Kier alpha value is -0.970. The molecular weight excluding hydrogens is 168 g/mol.